The summed E-state index contributed by atoms with van der Waals surface area (Å²) in [7, 11) is 0. The van der Waals surface area contributed by atoms with Crippen LogP contribution in [0.5, 0.6) is 0 Å². The quantitative estimate of drug-likeness (QED) is 0.889. The van der Waals surface area contributed by atoms with Crippen LogP contribution < -0.4 is 5.73 Å². The number of aryl methyl sites for hydroxylation is 1. The molecule has 0 aliphatic carbocycles. The first kappa shape index (κ1) is 13.1. The third kappa shape index (κ3) is 3.09. The standard InChI is InChI=1S/C15H15ClFN/c1-10-2-7-14(17)13(8-10)15(18)9-11-3-5-12(16)6-4-11/h2-8,15H,9,18H2,1H3. The third-order valence-corrected chi connectivity index (χ3v) is 3.17. The summed E-state index contributed by atoms with van der Waals surface area (Å²) >= 11 is 5.82. The first-order valence-corrected chi connectivity index (χ1v) is 6.20. The molecule has 0 amide bonds. The highest BCUT2D eigenvalue weighted by Crippen LogP contribution is 2.21. The maximum Gasteiger partial charge on any atom is 0.128 e. The van der Waals surface area contributed by atoms with Crippen molar-refractivity contribution in [1.29, 1.82) is 0 Å². The van der Waals surface area contributed by atoms with Gasteiger partial charge in [0.05, 0.1) is 0 Å². The fourth-order valence-corrected chi connectivity index (χ4v) is 2.06. The monoisotopic (exact) mass is 263 g/mol. The summed E-state index contributed by atoms with van der Waals surface area (Å²) in [6.07, 6.45) is 0.595. The minimum Gasteiger partial charge on any atom is -0.324 e. The lowest BCUT2D eigenvalue weighted by Gasteiger charge is -2.14. The summed E-state index contributed by atoms with van der Waals surface area (Å²) in [5.74, 6) is -0.248. The highest BCUT2D eigenvalue weighted by atomic mass is 35.5. The molecule has 2 aromatic rings. The van der Waals surface area contributed by atoms with Crippen LogP contribution in [-0.4, -0.2) is 0 Å². The van der Waals surface area contributed by atoms with Gasteiger partial charge in [0.2, 0.25) is 0 Å². The van der Waals surface area contributed by atoms with Crippen molar-refractivity contribution in [2.45, 2.75) is 19.4 Å². The van der Waals surface area contributed by atoms with E-state index in [2.05, 4.69) is 0 Å². The maximum absolute atomic E-state index is 13.7. The molecule has 0 aromatic heterocycles. The van der Waals surface area contributed by atoms with Crippen LogP contribution in [-0.2, 0) is 6.42 Å². The summed E-state index contributed by atoms with van der Waals surface area (Å²) in [4.78, 5) is 0. The highest BCUT2D eigenvalue weighted by Gasteiger charge is 2.12. The molecule has 2 N–H and O–H groups in total. The van der Waals surface area contributed by atoms with Gasteiger partial charge in [0, 0.05) is 16.6 Å². The van der Waals surface area contributed by atoms with Gasteiger partial charge in [-0.2, -0.15) is 0 Å². The summed E-state index contributed by atoms with van der Waals surface area (Å²) in [6.45, 7) is 1.93. The van der Waals surface area contributed by atoms with Crippen molar-refractivity contribution in [2.75, 3.05) is 0 Å². The molecule has 1 unspecified atom stereocenters. The SMILES string of the molecule is Cc1ccc(F)c(C(N)Cc2ccc(Cl)cc2)c1. The molecule has 18 heavy (non-hydrogen) atoms. The van der Waals surface area contributed by atoms with E-state index in [1.54, 1.807) is 12.1 Å². The van der Waals surface area contributed by atoms with Gasteiger partial charge in [-0.3, -0.25) is 0 Å². The molecular weight excluding hydrogens is 249 g/mol. The molecule has 0 heterocycles. The van der Waals surface area contributed by atoms with Gasteiger partial charge >= 0.3 is 0 Å². The van der Waals surface area contributed by atoms with Crippen molar-refractivity contribution in [1.82, 2.24) is 0 Å². The second-order valence-electron chi connectivity index (χ2n) is 4.46. The van der Waals surface area contributed by atoms with E-state index in [4.69, 9.17) is 17.3 Å². The second kappa shape index (κ2) is 5.51. The van der Waals surface area contributed by atoms with E-state index >= 15 is 0 Å². The number of rotatable bonds is 3. The van der Waals surface area contributed by atoms with Crippen molar-refractivity contribution < 1.29 is 4.39 Å². The van der Waals surface area contributed by atoms with Crippen LogP contribution in [0.3, 0.4) is 0 Å². The van der Waals surface area contributed by atoms with Crippen LogP contribution in [0.25, 0.3) is 0 Å². The molecular formula is C15H15ClFN. The van der Waals surface area contributed by atoms with Gasteiger partial charge in [-0.1, -0.05) is 41.4 Å². The molecule has 0 aliphatic rings. The van der Waals surface area contributed by atoms with Crippen LogP contribution >= 0.6 is 11.6 Å². The average molecular weight is 264 g/mol. The van der Waals surface area contributed by atoms with Crippen LogP contribution in [0.2, 0.25) is 5.02 Å². The zero-order valence-electron chi connectivity index (χ0n) is 10.2. The fraction of sp³-hybridized carbons (Fsp3) is 0.200. The lowest BCUT2D eigenvalue weighted by molar-refractivity contribution is 0.579. The summed E-state index contributed by atoms with van der Waals surface area (Å²) in [5.41, 5.74) is 8.68. The molecule has 0 fully saturated rings. The molecule has 0 saturated heterocycles. The Morgan fingerprint density at radius 1 is 1.17 bits per heavy atom. The predicted octanol–water partition coefficient (Wildman–Crippen LogP) is 4.03. The third-order valence-electron chi connectivity index (χ3n) is 2.92. The summed E-state index contributed by atoms with van der Waals surface area (Å²) < 4.78 is 13.7. The van der Waals surface area contributed by atoms with Gasteiger partial charge in [0.25, 0.3) is 0 Å². The summed E-state index contributed by atoms with van der Waals surface area (Å²) in [5, 5.41) is 0.689. The molecule has 0 radical (unpaired) electrons. The number of hydrogen-bond acceptors (Lipinski definition) is 1. The van der Waals surface area contributed by atoms with Crippen molar-refractivity contribution in [3.63, 3.8) is 0 Å². The summed E-state index contributed by atoms with van der Waals surface area (Å²) in [6, 6.07) is 12.1. The molecule has 2 rings (SSSR count). The maximum atomic E-state index is 13.7. The molecule has 3 heteroatoms. The Morgan fingerprint density at radius 3 is 2.50 bits per heavy atom. The van der Waals surface area contributed by atoms with Gasteiger partial charge in [-0.15, -0.1) is 0 Å². The first-order chi connectivity index (χ1) is 8.56. The minimum atomic E-state index is -0.342. The van der Waals surface area contributed by atoms with E-state index in [9.17, 15) is 4.39 Å². The fourth-order valence-electron chi connectivity index (χ4n) is 1.93. The van der Waals surface area contributed by atoms with Crippen molar-refractivity contribution in [3.05, 3.63) is 70.0 Å². The molecule has 0 spiro atoms. The number of halogens is 2. The Bertz CT molecular complexity index is 537. The number of nitrogens with two attached hydrogens (primary N) is 1. The molecule has 94 valence electrons. The van der Waals surface area contributed by atoms with Crippen molar-refractivity contribution in [2.24, 2.45) is 5.73 Å². The van der Waals surface area contributed by atoms with E-state index < -0.39 is 0 Å². The largest absolute Gasteiger partial charge is 0.324 e. The van der Waals surface area contributed by atoms with Crippen molar-refractivity contribution >= 4 is 11.6 Å². The zero-order chi connectivity index (χ0) is 13.1. The normalized spacial score (nSPS) is 12.4. The zero-order valence-corrected chi connectivity index (χ0v) is 10.9. The lowest BCUT2D eigenvalue weighted by Crippen LogP contribution is -2.15. The molecule has 2 aromatic carbocycles. The number of hydrogen-bond donors (Lipinski definition) is 1. The van der Waals surface area contributed by atoms with E-state index in [0.717, 1.165) is 11.1 Å². The second-order valence-corrected chi connectivity index (χ2v) is 4.90. The van der Waals surface area contributed by atoms with E-state index in [1.165, 1.54) is 6.07 Å². The van der Waals surface area contributed by atoms with Crippen LogP contribution in [0, 0.1) is 12.7 Å². The molecule has 1 atom stereocenters. The van der Waals surface area contributed by atoms with Crippen LogP contribution in [0.15, 0.2) is 42.5 Å². The highest BCUT2D eigenvalue weighted by molar-refractivity contribution is 6.30. The predicted molar refractivity (Wildman–Crippen MR) is 73.2 cm³/mol. The average Bonchev–Trinajstić information content (AvgIpc) is 2.35. The van der Waals surface area contributed by atoms with Crippen LogP contribution in [0.1, 0.15) is 22.7 Å². The van der Waals surface area contributed by atoms with E-state index in [1.807, 2.05) is 31.2 Å². The van der Waals surface area contributed by atoms with Crippen molar-refractivity contribution in [3.8, 4) is 0 Å². The Morgan fingerprint density at radius 2 is 1.83 bits per heavy atom. The van der Waals surface area contributed by atoms with Gasteiger partial charge in [-0.25, -0.2) is 4.39 Å². The van der Waals surface area contributed by atoms with Gasteiger partial charge < -0.3 is 5.73 Å². The Hall–Kier alpha value is -1.38. The van der Waals surface area contributed by atoms with Gasteiger partial charge in [0.15, 0.2) is 0 Å². The van der Waals surface area contributed by atoms with Crippen LogP contribution in [0.4, 0.5) is 4.39 Å². The first-order valence-electron chi connectivity index (χ1n) is 5.82. The number of benzene rings is 2. The Kier molecular flexibility index (Phi) is 4.00. The Labute approximate surface area is 111 Å². The Balaban J connectivity index is 2.18. The molecule has 0 aliphatic heterocycles. The van der Waals surface area contributed by atoms with Gasteiger partial charge in [-0.05, 0) is 37.1 Å². The topological polar surface area (TPSA) is 26.0 Å². The lowest BCUT2D eigenvalue weighted by atomic mass is 9.98. The smallest absolute Gasteiger partial charge is 0.128 e. The van der Waals surface area contributed by atoms with Gasteiger partial charge in [0.1, 0.15) is 5.82 Å². The molecule has 1 nitrogen and oxygen atoms in total. The van der Waals surface area contributed by atoms with E-state index in [-0.39, 0.29) is 11.9 Å². The molecule has 0 saturated carbocycles. The minimum absolute atomic E-state index is 0.248. The molecule has 0 bridgehead atoms. The van der Waals surface area contributed by atoms with E-state index in [0.29, 0.717) is 17.0 Å².